The smallest absolute Gasteiger partial charge is 0.270 e. The predicted octanol–water partition coefficient (Wildman–Crippen LogP) is 5.22. The largest absolute Gasteiger partial charge is 0.489 e. The Kier molecular flexibility index (Phi) is 5.28. The molecule has 0 unspecified atom stereocenters. The van der Waals surface area contributed by atoms with Gasteiger partial charge in [0.15, 0.2) is 0 Å². The highest BCUT2D eigenvalue weighted by atomic mass is 35.5. The van der Waals surface area contributed by atoms with Gasteiger partial charge in [-0.05, 0) is 24.3 Å². The van der Waals surface area contributed by atoms with Gasteiger partial charge in [-0.25, -0.2) is 0 Å². The summed E-state index contributed by atoms with van der Waals surface area (Å²) in [4.78, 5) is 10.1. The number of nitro benzene ring substituents is 1. The summed E-state index contributed by atoms with van der Waals surface area (Å²) in [7, 11) is 0. The van der Waals surface area contributed by atoms with Crippen LogP contribution in [0.25, 0.3) is 0 Å². The Balaban J connectivity index is 2.15. The van der Waals surface area contributed by atoms with Gasteiger partial charge in [0.1, 0.15) is 12.4 Å². The van der Waals surface area contributed by atoms with Crippen molar-refractivity contribution < 1.29 is 9.66 Å². The SMILES string of the molecule is O=[N+]([O-])c1ccc(COc2ccc(Cl)cc2CCl)c(Cl)c1. The standard InChI is InChI=1S/C14H10Cl3NO3/c15-7-10-5-11(16)2-4-14(10)21-8-9-1-3-12(18(19)20)6-13(9)17/h1-6H,7-8H2. The zero-order valence-corrected chi connectivity index (χ0v) is 13.0. The first-order chi connectivity index (χ1) is 10.0. The van der Waals surface area contributed by atoms with Crippen molar-refractivity contribution in [2.75, 3.05) is 0 Å². The van der Waals surface area contributed by atoms with E-state index in [0.29, 0.717) is 16.3 Å². The minimum absolute atomic E-state index is 0.0586. The van der Waals surface area contributed by atoms with Crippen LogP contribution in [0.1, 0.15) is 11.1 Å². The molecule has 0 radical (unpaired) electrons. The van der Waals surface area contributed by atoms with E-state index in [9.17, 15) is 10.1 Å². The molecule has 0 aliphatic heterocycles. The number of hydrogen-bond donors (Lipinski definition) is 0. The van der Waals surface area contributed by atoms with Crippen LogP contribution >= 0.6 is 34.8 Å². The van der Waals surface area contributed by atoms with Crippen LogP contribution in [0.2, 0.25) is 10.0 Å². The fraction of sp³-hybridized carbons (Fsp3) is 0.143. The highest BCUT2D eigenvalue weighted by Gasteiger charge is 2.11. The summed E-state index contributed by atoms with van der Waals surface area (Å²) in [5.41, 5.74) is 1.36. The zero-order chi connectivity index (χ0) is 15.4. The summed E-state index contributed by atoms with van der Waals surface area (Å²) in [6.45, 7) is 0.183. The molecule has 2 rings (SSSR count). The molecule has 0 N–H and O–H groups in total. The van der Waals surface area contributed by atoms with E-state index >= 15 is 0 Å². The summed E-state index contributed by atoms with van der Waals surface area (Å²) in [6, 6.07) is 9.39. The van der Waals surface area contributed by atoms with Crippen molar-refractivity contribution in [3.8, 4) is 5.75 Å². The van der Waals surface area contributed by atoms with Gasteiger partial charge in [0.2, 0.25) is 0 Å². The number of hydrogen-bond acceptors (Lipinski definition) is 3. The lowest BCUT2D eigenvalue weighted by atomic mass is 10.2. The highest BCUT2D eigenvalue weighted by Crippen LogP contribution is 2.27. The summed E-state index contributed by atoms with van der Waals surface area (Å²) in [6.07, 6.45) is 0. The number of alkyl halides is 1. The Morgan fingerprint density at radius 1 is 1.10 bits per heavy atom. The van der Waals surface area contributed by atoms with E-state index in [4.69, 9.17) is 39.5 Å². The normalized spacial score (nSPS) is 10.4. The molecule has 4 nitrogen and oxygen atoms in total. The lowest BCUT2D eigenvalue weighted by Gasteiger charge is -2.11. The van der Waals surface area contributed by atoms with E-state index in [-0.39, 0.29) is 23.2 Å². The van der Waals surface area contributed by atoms with Crippen LogP contribution in [0.4, 0.5) is 5.69 Å². The van der Waals surface area contributed by atoms with Gasteiger partial charge in [0.05, 0.1) is 15.8 Å². The molecule has 0 fully saturated rings. The molecule has 0 aliphatic carbocycles. The molecule has 2 aromatic rings. The first-order valence-electron chi connectivity index (χ1n) is 5.91. The predicted molar refractivity (Wildman–Crippen MR) is 83.4 cm³/mol. The average Bonchev–Trinajstić information content (AvgIpc) is 2.46. The van der Waals surface area contributed by atoms with Crippen LogP contribution in [0.15, 0.2) is 36.4 Å². The quantitative estimate of drug-likeness (QED) is 0.424. The Labute approximate surface area is 136 Å². The average molecular weight is 347 g/mol. The Morgan fingerprint density at radius 2 is 1.86 bits per heavy atom. The third-order valence-corrected chi connectivity index (χ3v) is 3.67. The first kappa shape index (κ1) is 15.9. The van der Waals surface area contributed by atoms with Crippen LogP contribution in [0, 0.1) is 10.1 Å². The molecule has 110 valence electrons. The van der Waals surface area contributed by atoms with Gasteiger partial charge in [-0.3, -0.25) is 10.1 Å². The van der Waals surface area contributed by atoms with Crippen molar-refractivity contribution in [1.29, 1.82) is 0 Å². The molecule has 0 saturated heterocycles. The molecule has 2 aromatic carbocycles. The Bertz CT molecular complexity index is 677. The Hall–Kier alpha value is -1.49. The molecule has 0 bridgehead atoms. The van der Waals surface area contributed by atoms with Gasteiger partial charge >= 0.3 is 0 Å². The molecule has 0 aromatic heterocycles. The molecule has 7 heteroatoms. The van der Waals surface area contributed by atoms with E-state index in [1.165, 1.54) is 12.1 Å². The number of benzene rings is 2. The van der Waals surface area contributed by atoms with E-state index in [2.05, 4.69) is 0 Å². The maximum absolute atomic E-state index is 10.6. The van der Waals surface area contributed by atoms with E-state index in [0.717, 1.165) is 5.56 Å². The molecule has 0 saturated carbocycles. The van der Waals surface area contributed by atoms with Crippen LogP contribution in [0.3, 0.4) is 0 Å². The lowest BCUT2D eigenvalue weighted by molar-refractivity contribution is -0.384. The third kappa shape index (κ3) is 4.00. The molecular formula is C14H10Cl3NO3. The molecular weight excluding hydrogens is 337 g/mol. The van der Waals surface area contributed by atoms with Crippen LogP contribution in [0.5, 0.6) is 5.75 Å². The van der Waals surface area contributed by atoms with E-state index < -0.39 is 4.92 Å². The number of ether oxygens (including phenoxy) is 1. The molecule has 0 amide bonds. The van der Waals surface area contributed by atoms with Gasteiger partial charge in [0.25, 0.3) is 5.69 Å². The van der Waals surface area contributed by atoms with Crippen LogP contribution in [-0.2, 0) is 12.5 Å². The number of halogens is 3. The molecule has 0 atom stereocenters. The molecule has 0 spiro atoms. The maximum Gasteiger partial charge on any atom is 0.270 e. The van der Waals surface area contributed by atoms with Crippen molar-refractivity contribution in [2.24, 2.45) is 0 Å². The number of nitro groups is 1. The minimum atomic E-state index is -0.499. The zero-order valence-electron chi connectivity index (χ0n) is 10.7. The second-order valence-electron chi connectivity index (χ2n) is 4.21. The van der Waals surface area contributed by atoms with Crippen LogP contribution in [-0.4, -0.2) is 4.92 Å². The van der Waals surface area contributed by atoms with Crippen molar-refractivity contribution in [3.63, 3.8) is 0 Å². The number of non-ortho nitro benzene ring substituents is 1. The molecule has 21 heavy (non-hydrogen) atoms. The lowest BCUT2D eigenvalue weighted by Crippen LogP contribution is -1.99. The monoisotopic (exact) mass is 345 g/mol. The second-order valence-corrected chi connectivity index (χ2v) is 5.32. The van der Waals surface area contributed by atoms with Crippen molar-refractivity contribution >= 4 is 40.5 Å². The van der Waals surface area contributed by atoms with Crippen molar-refractivity contribution in [2.45, 2.75) is 12.5 Å². The Morgan fingerprint density at radius 3 is 2.48 bits per heavy atom. The summed E-state index contributed by atoms with van der Waals surface area (Å²) in [5, 5.41) is 11.5. The summed E-state index contributed by atoms with van der Waals surface area (Å²) < 4.78 is 5.65. The van der Waals surface area contributed by atoms with Gasteiger partial charge in [0, 0.05) is 28.3 Å². The summed E-state index contributed by atoms with van der Waals surface area (Å²) in [5.74, 6) is 0.869. The van der Waals surface area contributed by atoms with Gasteiger partial charge in [-0.15, -0.1) is 11.6 Å². The van der Waals surface area contributed by atoms with E-state index in [1.54, 1.807) is 24.3 Å². The summed E-state index contributed by atoms with van der Waals surface area (Å²) >= 11 is 17.7. The minimum Gasteiger partial charge on any atom is -0.489 e. The maximum atomic E-state index is 10.6. The van der Waals surface area contributed by atoms with Crippen molar-refractivity contribution in [1.82, 2.24) is 0 Å². The highest BCUT2D eigenvalue weighted by molar-refractivity contribution is 6.31. The topological polar surface area (TPSA) is 52.4 Å². The fourth-order valence-corrected chi connectivity index (χ4v) is 2.35. The van der Waals surface area contributed by atoms with E-state index in [1.807, 2.05) is 0 Å². The van der Waals surface area contributed by atoms with Gasteiger partial charge in [-0.1, -0.05) is 23.2 Å². The number of rotatable bonds is 5. The second kappa shape index (κ2) is 6.98. The number of nitrogens with zero attached hydrogens (tertiary/aromatic N) is 1. The third-order valence-electron chi connectivity index (χ3n) is 2.80. The van der Waals surface area contributed by atoms with Crippen molar-refractivity contribution in [3.05, 3.63) is 67.7 Å². The molecule has 0 heterocycles. The van der Waals surface area contributed by atoms with Crippen LogP contribution < -0.4 is 4.74 Å². The van der Waals surface area contributed by atoms with Gasteiger partial charge < -0.3 is 4.74 Å². The first-order valence-corrected chi connectivity index (χ1v) is 7.20. The van der Waals surface area contributed by atoms with Gasteiger partial charge in [-0.2, -0.15) is 0 Å². The fourth-order valence-electron chi connectivity index (χ4n) is 1.72. The molecule has 0 aliphatic rings.